The Morgan fingerprint density at radius 1 is 1.06 bits per heavy atom. The Labute approximate surface area is 190 Å². The molecule has 4 rings (SSSR count). The van der Waals surface area contributed by atoms with E-state index in [1.165, 1.54) is 18.2 Å². The molecule has 1 saturated heterocycles. The molecule has 1 unspecified atom stereocenters. The summed E-state index contributed by atoms with van der Waals surface area (Å²) in [7, 11) is -3.98. The standard InChI is InChI=1S/C21H24FN5O3S2/c1-14(2)19(25-32(29,30)18-5-3-4-17-20(18)24-31-23-17)21(28)27-12-10-26(11-13-27)16-8-6-15(22)7-9-16/h3-9,14,19,25H,10-13H2,1-2H3. The molecular formula is C21H24FN5O3S2. The van der Waals surface area contributed by atoms with Crippen LogP contribution in [0.5, 0.6) is 0 Å². The van der Waals surface area contributed by atoms with E-state index in [1.54, 1.807) is 29.2 Å². The predicted molar refractivity (Wildman–Crippen MR) is 122 cm³/mol. The number of anilines is 1. The van der Waals surface area contributed by atoms with Crippen LogP contribution in [0.25, 0.3) is 11.0 Å². The van der Waals surface area contributed by atoms with E-state index in [9.17, 15) is 17.6 Å². The lowest BCUT2D eigenvalue weighted by molar-refractivity contribution is -0.134. The molecule has 1 aliphatic rings. The summed E-state index contributed by atoms with van der Waals surface area (Å²) in [6.45, 7) is 5.69. The van der Waals surface area contributed by atoms with Crippen molar-refractivity contribution in [1.82, 2.24) is 18.4 Å². The van der Waals surface area contributed by atoms with Gasteiger partial charge in [0.05, 0.1) is 11.7 Å². The van der Waals surface area contributed by atoms with E-state index in [-0.39, 0.29) is 22.5 Å². The molecule has 1 atom stereocenters. The molecule has 0 bridgehead atoms. The second-order valence-electron chi connectivity index (χ2n) is 8.02. The molecule has 1 fully saturated rings. The van der Waals surface area contributed by atoms with Crippen LogP contribution in [-0.4, -0.2) is 60.2 Å². The Balaban J connectivity index is 1.47. The fraction of sp³-hybridized carbons (Fsp3) is 0.381. The number of rotatable bonds is 6. The minimum absolute atomic E-state index is 0.0170. The van der Waals surface area contributed by atoms with E-state index in [1.807, 2.05) is 13.8 Å². The number of hydrogen-bond acceptors (Lipinski definition) is 7. The van der Waals surface area contributed by atoms with Crippen LogP contribution < -0.4 is 9.62 Å². The van der Waals surface area contributed by atoms with Crippen molar-refractivity contribution in [2.75, 3.05) is 31.1 Å². The number of sulfonamides is 1. The highest BCUT2D eigenvalue weighted by Crippen LogP contribution is 2.23. The number of halogens is 1. The van der Waals surface area contributed by atoms with Crippen molar-refractivity contribution in [3.8, 4) is 0 Å². The van der Waals surface area contributed by atoms with Crippen molar-refractivity contribution in [2.24, 2.45) is 5.92 Å². The van der Waals surface area contributed by atoms with Crippen LogP contribution in [0.1, 0.15) is 13.8 Å². The molecule has 0 radical (unpaired) electrons. The third kappa shape index (κ3) is 4.59. The number of nitrogens with zero attached hydrogens (tertiary/aromatic N) is 4. The molecule has 0 aliphatic carbocycles. The van der Waals surface area contributed by atoms with E-state index in [2.05, 4.69) is 18.4 Å². The number of piperazine rings is 1. The monoisotopic (exact) mass is 477 g/mol. The molecular weight excluding hydrogens is 453 g/mol. The zero-order valence-electron chi connectivity index (χ0n) is 17.7. The molecule has 1 N–H and O–H groups in total. The average molecular weight is 478 g/mol. The second kappa shape index (κ2) is 9.08. The molecule has 0 spiro atoms. The molecule has 1 aromatic heterocycles. The largest absolute Gasteiger partial charge is 0.368 e. The fourth-order valence-corrected chi connectivity index (χ4v) is 5.84. The van der Waals surface area contributed by atoms with Crippen molar-refractivity contribution in [3.63, 3.8) is 0 Å². The van der Waals surface area contributed by atoms with Gasteiger partial charge in [0.25, 0.3) is 0 Å². The van der Waals surface area contributed by atoms with Crippen LogP contribution in [0, 0.1) is 11.7 Å². The van der Waals surface area contributed by atoms with Gasteiger partial charge in [0.2, 0.25) is 15.9 Å². The number of fused-ring (bicyclic) bond motifs is 1. The molecule has 0 saturated carbocycles. The Morgan fingerprint density at radius 3 is 2.41 bits per heavy atom. The lowest BCUT2D eigenvalue weighted by Crippen LogP contribution is -2.56. The summed E-state index contributed by atoms with van der Waals surface area (Å²) < 4.78 is 50.2. The highest BCUT2D eigenvalue weighted by molar-refractivity contribution is 7.89. The number of nitrogens with one attached hydrogen (secondary N) is 1. The van der Waals surface area contributed by atoms with Crippen LogP contribution in [0.15, 0.2) is 47.4 Å². The van der Waals surface area contributed by atoms with E-state index >= 15 is 0 Å². The van der Waals surface area contributed by atoms with Crippen molar-refractivity contribution in [3.05, 3.63) is 48.3 Å². The maximum absolute atomic E-state index is 13.3. The van der Waals surface area contributed by atoms with Gasteiger partial charge >= 0.3 is 0 Å². The van der Waals surface area contributed by atoms with E-state index in [0.717, 1.165) is 17.4 Å². The van der Waals surface area contributed by atoms with Crippen LogP contribution >= 0.6 is 11.7 Å². The van der Waals surface area contributed by atoms with Crippen LogP contribution in [0.2, 0.25) is 0 Å². The molecule has 2 heterocycles. The molecule has 170 valence electrons. The number of carbonyl (C=O) groups excluding carboxylic acids is 1. The first-order valence-electron chi connectivity index (χ1n) is 10.3. The summed E-state index contributed by atoms with van der Waals surface area (Å²) in [5, 5.41) is 0. The minimum atomic E-state index is -3.98. The zero-order chi connectivity index (χ0) is 22.9. The van der Waals surface area contributed by atoms with E-state index < -0.39 is 16.1 Å². The topological polar surface area (TPSA) is 95.5 Å². The molecule has 3 aromatic rings. The van der Waals surface area contributed by atoms with Gasteiger partial charge in [-0.2, -0.15) is 13.5 Å². The Kier molecular flexibility index (Phi) is 6.40. The Morgan fingerprint density at radius 2 is 1.75 bits per heavy atom. The molecule has 1 amide bonds. The number of carbonyl (C=O) groups is 1. The zero-order valence-corrected chi connectivity index (χ0v) is 19.4. The molecule has 1 aliphatic heterocycles. The summed E-state index contributed by atoms with van der Waals surface area (Å²) in [5.74, 6) is -0.801. The van der Waals surface area contributed by atoms with Gasteiger partial charge in [-0.1, -0.05) is 19.9 Å². The summed E-state index contributed by atoms with van der Waals surface area (Å²) >= 11 is 0.944. The highest BCUT2D eigenvalue weighted by atomic mass is 32.2. The number of aromatic nitrogens is 2. The van der Waals surface area contributed by atoms with Crippen molar-refractivity contribution in [1.29, 1.82) is 0 Å². The molecule has 8 nitrogen and oxygen atoms in total. The van der Waals surface area contributed by atoms with Gasteiger partial charge in [0.15, 0.2) is 0 Å². The second-order valence-corrected chi connectivity index (χ2v) is 10.2. The lowest BCUT2D eigenvalue weighted by atomic mass is 10.0. The third-order valence-corrected chi connectivity index (χ3v) is 7.55. The predicted octanol–water partition coefficient (Wildman–Crippen LogP) is 2.48. The van der Waals surface area contributed by atoms with Crippen molar-refractivity contribution in [2.45, 2.75) is 24.8 Å². The SMILES string of the molecule is CC(C)C(NS(=O)(=O)c1cccc2nsnc12)C(=O)N1CCN(c2ccc(F)cc2)CC1. The first-order chi connectivity index (χ1) is 15.3. The number of benzene rings is 2. The lowest BCUT2D eigenvalue weighted by Gasteiger charge is -2.38. The quantitative estimate of drug-likeness (QED) is 0.586. The van der Waals surface area contributed by atoms with Crippen molar-refractivity contribution >= 4 is 44.4 Å². The van der Waals surface area contributed by atoms with Crippen molar-refractivity contribution < 1.29 is 17.6 Å². The van der Waals surface area contributed by atoms with Crippen LogP contribution in [0.4, 0.5) is 10.1 Å². The van der Waals surface area contributed by atoms with E-state index in [0.29, 0.717) is 37.2 Å². The minimum Gasteiger partial charge on any atom is -0.368 e. The smallest absolute Gasteiger partial charge is 0.243 e. The Hall–Kier alpha value is -2.63. The van der Waals surface area contributed by atoms with Crippen LogP contribution in [-0.2, 0) is 14.8 Å². The Bertz CT molecular complexity index is 1210. The van der Waals surface area contributed by atoms with Crippen LogP contribution in [0.3, 0.4) is 0 Å². The first-order valence-corrected chi connectivity index (χ1v) is 12.5. The molecule has 11 heteroatoms. The van der Waals surface area contributed by atoms with Gasteiger partial charge in [0.1, 0.15) is 27.8 Å². The summed E-state index contributed by atoms with van der Waals surface area (Å²) in [4.78, 5) is 17.0. The van der Waals surface area contributed by atoms with Gasteiger partial charge in [-0.15, -0.1) is 0 Å². The highest BCUT2D eigenvalue weighted by Gasteiger charge is 2.34. The molecule has 2 aromatic carbocycles. The van der Waals surface area contributed by atoms with Gasteiger partial charge in [-0.25, -0.2) is 12.8 Å². The van der Waals surface area contributed by atoms with Gasteiger partial charge in [0, 0.05) is 31.9 Å². The molecule has 32 heavy (non-hydrogen) atoms. The summed E-state index contributed by atoms with van der Waals surface area (Å²) in [6.07, 6.45) is 0. The third-order valence-electron chi connectivity index (χ3n) is 5.54. The number of amides is 1. The maximum atomic E-state index is 13.3. The summed E-state index contributed by atoms with van der Waals surface area (Å²) in [5.41, 5.74) is 1.69. The average Bonchev–Trinajstić information content (AvgIpc) is 3.26. The first kappa shape index (κ1) is 22.6. The summed E-state index contributed by atoms with van der Waals surface area (Å²) in [6, 6.07) is 10.1. The van der Waals surface area contributed by atoms with Gasteiger partial charge < -0.3 is 9.80 Å². The number of hydrogen-bond donors (Lipinski definition) is 1. The van der Waals surface area contributed by atoms with Gasteiger partial charge in [-0.3, -0.25) is 4.79 Å². The van der Waals surface area contributed by atoms with E-state index in [4.69, 9.17) is 0 Å². The normalized spacial score (nSPS) is 16.0. The fourth-order valence-electron chi connectivity index (χ4n) is 3.73. The van der Waals surface area contributed by atoms with Gasteiger partial charge in [-0.05, 0) is 42.3 Å². The maximum Gasteiger partial charge on any atom is 0.243 e.